The minimum Gasteiger partial charge on any atom is -0.401 e. The second-order valence-corrected chi connectivity index (χ2v) is 8.23. The van der Waals surface area contributed by atoms with Crippen LogP contribution in [0, 0.1) is 10.1 Å². The lowest BCUT2D eigenvalue weighted by Gasteiger charge is -2.34. The maximum Gasteiger partial charge on any atom is 0.269 e. The summed E-state index contributed by atoms with van der Waals surface area (Å²) >= 11 is 0. The second-order valence-electron chi connectivity index (χ2n) is 8.23. The van der Waals surface area contributed by atoms with Crippen molar-refractivity contribution in [1.82, 2.24) is 4.90 Å². The van der Waals surface area contributed by atoms with Crippen LogP contribution in [-0.4, -0.2) is 22.9 Å². The van der Waals surface area contributed by atoms with Gasteiger partial charge >= 0.3 is 0 Å². The van der Waals surface area contributed by atoms with Crippen LogP contribution >= 0.6 is 0 Å². The first-order chi connectivity index (χ1) is 15.5. The van der Waals surface area contributed by atoms with E-state index in [0.29, 0.717) is 12.3 Å². The van der Waals surface area contributed by atoms with Gasteiger partial charge in [0.1, 0.15) is 5.82 Å². The molecule has 0 spiro atoms. The van der Waals surface area contributed by atoms with Gasteiger partial charge in [-0.3, -0.25) is 10.1 Å². The van der Waals surface area contributed by atoms with E-state index in [2.05, 4.69) is 17.0 Å². The lowest BCUT2D eigenvalue weighted by molar-refractivity contribution is -0.384. The van der Waals surface area contributed by atoms with Crippen molar-refractivity contribution in [2.75, 3.05) is 13.1 Å². The van der Waals surface area contributed by atoms with E-state index >= 15 is 0 Å². The molecule has 164 valence electrons. The summed E-state index contributed by atoms with van der Waals surface area (Å²) in [6.45, 7) is 1.67. The van der Waals surface area contributed by atoms with Gasteiger partial charge in [0.25, 0.3) is 5.69 Å². The zero-order valence-electron chi connectivity index (χ0n) is 18.0. The lowest BCUT2D eigenvalue weighted by atomic mass is 9.89. The van der Waals surface area contributed by atoms with Crippen molar-refractivity contribution in [2.45, 2.75) is 25.2 Å². The Morgan fingerprint density at radius 2 is 1.47 bits per heavy atom. The van der Waals surface area contributed by atoms with E-state index in [1.807, 2.05) is 54.6 Å². The van der Waals surface area contributed by atoms with E-state index in [1.165, 1.54) is 5.56 Å². The van der Waals surface area contributed by atoms with Crippen molar-refractivity contribution in [1.29, 1.82) is 0 Å². The van der Waals surface area contributed by atoms with Gasteiger partial charge in [0.05, 0.1) is 4.92 Å². The number of non-ortho nitro benzene ring substituents is 1. The first kappa shape index (κ1) is 21.4. The highest BCUT2D eigenvalue weighted by atomic mass is 16.6. The number of nitro benzene ring substituents is 1. The number of nitro groups is 1. The maximum atomic E-state index is 10.9. The van der Waals surface area contributed by atoms with Crippen LogP contribution in [0.1, 0.15) is 29.9 Å². The molecular weight excluding hydrogens is 400 g/mol. The predicted molar refractivity (Wildman–Crippen MR) is 128 cm³/mol. The Kier molecular flexibility index (Phi) is 6.40. The summed E-state index contributed by atoms with van der Waals surface area (Å²) in [7, 11) is 0. The van der Waals surface area contributed by atoms with Crippen molar-refractivity contribution in [3.8, 4) is 0 Å². The average Bonchev–Trinajstić information content (AvgIpc) is 2.84. The lowest BCUT2D eigenvalue weighted by Crippen LogP contribution is -2.43. The molecule has 32 heavy (non-hydrogen) atoms. The van der Waals surface area contributed by atoms with Crippen LogP contribution in [0.15, 0.2) is 78.9 Å². The molecule has 6 nitrogen and oxygen atoms in total. The molecule has 0 amide bonds. The van der Waals surface area contributed by atoms with Crippen molar-refractivity contribution >= 4 is 17.2 Å². The van der Waals surface area contributed by atoms with Crippen molar-refractivity contribution in [3.63, 3.8) is 0 Å². The van der Waals surface area contributed by atoms with E-state index in [9.17, 15) is 10.1 Å². The Bertz CT molecular complexity index is 1200. The molecule has 0 bridgehead atoms. The third kappa shape index (κ3) is 4.75. The molecule has 0 unspecified atom stereocenters. The molecule has 3 aromatic rings. The molecule has 6 heteroatoms. The molecule has 3 aromatic carbocycles. The van der Waals surface area contributed by atoms with Crippen LogP contribution in [0.5, 0.6) is 0 Å². The van der Waals surface area contributed by atoms with Crippen LogP contribution in [0.3, 0.4) is 0 Å². The highest BCUT2D eigenvalue weighted by molar-refractivity contribution is 5.50. The third-order valence-corrected chi connectivity index (χ3v) is 6.20. The number of hydrogen-bond acceptors (Lipinski definition) is 5. The fourth-order valence-electron chi connectivity index (χ4n) is 4.39. The summed E-state index contributed by atoms with van der Waals surface area (Å²) in [6, 6.07) is 25.2. The molecule has 0 aromatic heterocycles. The summed E-state index contributed by atoms with van der Waals surface area (Å²) in [6.07, 6.45) is 2.57. The van der Waals surface area contributed by atoms with Gasteiger partial charge in [-0.25, -0.2) is 0 Å². The number of rotatable bonds is 5. The van der Waals surface area contributed by atoms with Crippen LogP contribution < -0.4 is 21.9 Å². The van der Waals surface area contributed by atoms with Gasteiger partial charge in [-0.1, -0.05) is 66.7 Å². The van der Waals surface area contributed by atoms with E-state index in [0.717, 1.165) is 53.4 Å². The van der Waals surface area contributed by atoms with Gasteiger partial charge in [0, 0.05) is 47.8 Å². The summed E-state index contributed by atoms with van der Waals surface area (Å²) in [5.41, 5.74) is 16.4. The first-order valence-electron chi connectivity index (χ1n) is 10.9. The Hall–Kier alpha value is -3.80. The number of likely N-dealkylation sites (tertiary alicyclic amines) is 1. The molecule has 1 fully saturated rings. The molecule has 0 radical (unpaired) electrons. The second kappa shape index (κ2) is 9.56. The highest BCUT2D eigenvalue weighted by Crippen LogP contribution is 2.29. The van der Waals surface area contributed by atoms with Crippen molar-refractivity contribution < 1.29 is 4.92 Å². The SMILES string of the molecule is N/C(Cc1ccccc1)=c1/cccc/c1=C(/N)N1CCC(c2ccc([N+](=O)[O-])cc2)CC1. The van der Waals surface area contributed by atoms with Crippen LogP contribution in [0.4, 0.5) is 5.69 Å². The molecule has 4 rings (SSSR count). The number of nitrogens with zero attached hydrogens (tertiary/aromatic N) is 2. The molecule has 0 atom stereocenters. The zero-order valence-corrected chi connectivity index (χ0v) is 18.0. The van der Waals surface area contributed by atoms with Crippen LogP contribution in [0.2, 0.25) is 0 Å². The van der Waals surface area contributed by atoms with E-state index in [4.69, 9.17) is 11.5 Å². The Morgan fingerprint density at radius 3 is 2.09 bits per heavy atom. The van der Waals surface area contributed by atoms with Gasteiger partial charge in [0.2, 0.25) is 0 Å². The molecule has 1 saturated heterocycles. The maximum absolute atomic E-state index is 10.9. The Labute approximate surface area is 187 Å². The minimum atomic E-state index is -0.361. The van der Waals surface area contributed by atoms with Crippen LogP contribution in [0.25, 0.3) is 11.5 Å². The smallest absolute Gasteiger partial charge is 0.269 e. The van der Waals surface area contributed by atoms with E-state index in [-0.39, 0.29) is 10.6 Å². The average molecular weight is 429 g/mol. The van der Waals surface area contributed by atoms with E-state index < -0.39 is 0 Å². The third-order valence-electron chi connectivity index (χ3n) is 6.20. The molecule has 1 aliphatic heterocycles. The van der Waals surface area contributed by atoms with Crippen molar-refractivity contribution in [3.05, 3.63) is 111 Å². The number of hydrogen-bond donors (Lipinski definition) is 2. The van der Waals surface area contributed by atoms with Gasteiger partial charge in [-0.15, -0.1) is 0 Å². The fourth-order valence-corrected chi connectivity index (χ4v) is 4.39. The summed E-state index contributed by atoms with van der Waals surface area (Å²) in [4.78, 5) is 12.7. The monoisotopic (exact) mass is 428 g/mol. The number of nitrogens with two attached hydrogens (primary N) is 2. The van der Waals surface area contributed by atoms with Gasteiger partial charge < -0.3 is 16.4 Å². The largest absolute Gasteiger partial charge is 0.401 e. The molecule has 0 saturated carbocycles. The summed E-state index contributed by atoms with van der Waals surface area (Å²) in [5, 5.41) is 12.8. The molecule has 4 N–H and O–H groups in total. The Balaban J connectivity index is 1.55. The number of piperidine rings is 1. The highest BCUT2D eigenvalue weighted by Gasteiger charge is 2.22. The standard InChI is InChI=1S/C26H28N4O2/c27-25(18-19-6-2-1-3-7-19)23-8-4-5-9-24(23)26(28)29-16-14-21(15-17-29)20-10-12-22(13-11-20)30(31)32/h1-13,21H,14-18,27-28H2/b25-23-,26-24+. The zero-order chi connectivity index (χ0) is 22.5. The van der Waals surface area contributed by atoms with Crippen molar-refractivity contribution in [2.24, 2.45) is 11.5 Å². The molecular formula is C26H28N4O2. The predicted octanol–water partition coefficient (Wildman–Crippen LogP) is 2.81. The summed E-state index contributed by atoms with van der Waals surface area (Å²) in [5.74, 6) is 1.13. The fraction of sp³-hybridized carbons (Fsp3) is 0.231. The molecule has 1 heterocycles. The summed E-state index contributed by atoms with van der Waals surface area (Å²) < 4.78 is 0. The van der Waals surface area contributed by atoms with Gasteiger partial charge in [0.15, 0.2) is 0 Å². The van der Waals surface area contributed by atoms with Gasteiger partial charge in [-0.2, -0.15) is 0 Å². The quantitative estimate of drug-likeness (QED) is 0.481. The molecule has 0 aliphatic carbocycles. The topological polar surface area (TPSA) is 98.4 Å². The first-order valence-corrected chi connectivity index (χ1v) is 10.9. The Morgan fingerprint density at radius 1 is 0.875 bits per heavy atom. The minimum absolute atomic E-state index is 0.129. The normalized spacial score (nSPS) is 16.4. The van der Waals surface area contributed by atoms with Gasteiger partial charge in [-0.05, 0) is 29.9 Å². The molecule has 1 aliphatic rings. The van der Waals surface area contributed by atoms with Crippen LogP contribution in [-0.2, 0) is 6.42 Å². The number of benzene rings is 3. The van der Waals surface area contributed by atoms with E-state index in [1.54, 1.807) is 12.1 Å².